The average molecular weight is 531 g/mol. The van der Waals surface area contributed by atoms with Gasteiger partial charge in [-0.1, -0.05) is 12.2 Å². The summed E-state index contributed by atoms with van der Waals surface area (Å²) in [6.45, 7) is 0. The minimum Gasteiger partial charge on any atom is -0.493 e. The Morgan fingerprint density at radius 2 is 1.19 bits per heavy atom. The second-order valence-electron chi connectivity index (χ2n) is 7.45. The molecule has 0 radical (unpaired) electrons. The maximum absolute atomic E-state index is 13.0. The van der Waals surface area contributed by atoms with Crippen molar-refractivity contribution in [2.45, 2.75) is 4.90 Å². The minimum absolute atomic E-state index is 0.116. The van der Waals surface area contributed by atoms with Crippen LogP contribution in [0.1, 0.15) is 11.1 Å². The molecule has 0 spiro atoms. The zero-order valence-corrected chi connectivity index (χ0v) is 21.6. The highest BCUT2D eigenvalue weighted by Gasteiger charge is 2.21. The molecule has 3 aromatic carbocycles. The summed E-state index contributed by atoms with van der Waals surface area (Å²) >= 11 is 0. The molecular formula is C25H26N2O9S. The summed E-state index contributed by atoms with van der Waals surface area (Å²) in [4.78, 5) is 10.1. The van der Waals surface area contributed by atoms with E-state index < -0.39 is 14.9 Å². The SMILES string of the molecule is COc1cc(C=Cc2cc(OC)c(OC)c(OC)c2)cc(NS(=O)(=O)c2ccc([N+](=O)[O-])cc2)c1OC. The highest BCUT2D eigenvalue weighted by molar-refractivity contribution is 7.92. The van der Waals surface area contributed by atoms with E-state index in [1.54, 1.807) is 36.4 Å². The number of non-ortho nitro benzene ring substituents is 1. The summed E-state index contributed by atoms with van der Waals surface area (Å²) in [5, 5.41) is 10.9. The van der Waals surface area contributed by atoms with Crippen molar-refractivity contribution in [3.05, 3.63) is 69.8 Å². The van der Waals surface area contributed by atoms with Crippen molar-refractivity contribution >= 4 is 33.6 Å². The van der Waals surface area contributed by atoms with Crippen LogP contribution in [-0.4, -0.2) is 48.9 Å². The zero-order chi connectivity index (χ0) is 27.2. The van der Waals surface area contributed by atoms with Gasteiger partial charge in [-0.2, -0.15) is 0 Å². The Balaban J connectivity index is 2.01. The molecule has 0 aliphatic carbocycles. The second kappa shape index (κ2) is 11.5. The van der Waals surface area contributed by atoms with Crippen LogP contribution in [0.3, 0.4) is 0 Å². The number of hydrogen-bond acceptors (Lipinski definition) is 9. The number of nitrogens with zero attached hydrogens (tertiary/aromatic N) is 1. The molecule has 0 heterocycles. The van der Waals surface area contributed by atoms with Crippen molar-refractivity contribution in [2.24, 2.45) is 0 Å². The molecule has 0 aliphatic heterocycles. The van der Waals surface area contributed by atoms with Gasteiger partial charge >= 0.3 is 0 Å². The Morgan fingerprint density at radius 1 is 0.730 bits per heavy atom. The first-order valence-corrected chi connectivity index (χ1v) is 12.2. The van der Waals surface area contributed by atoms with Crippen molar-refractivity contribution < 1.29 is 37.0 Å². The molecule has 0 bridgehead atoms. The van der Waals surface area contributed by atoms with Gasteiger partial charge in [0, 0.05) is 12.1 Å². The maximum Gasteiger partial charge on any atom is 0.269 e. The number of ether oxygens (including phenoxy) is 5. The summed E-state index contributed by atoms with van der Waals surface area (Å²) in [6.07, 6.45) is 3.52. The third kappa shape index (κ3) is 6.04. The van der Waals surface area contributed by atoms with Crippen LogP contribution in [0.2, 0.25) is 0 Å². The zero-order valence-electron chi connectivity index (χ0n) is 20.8. The van der Waals surface area contributed by atoms with Crippen molar-refractivity contribution in [3.63, 3.8) is 0 Å². The lowest BCUT2D eigenvalue weighted by atomic mass is 10.1. The first kappa shape index (κ1) is 27.1. The van der Waals surface area contributed by atoms with Crippen LogP contribution in [-0.2, 0) is 10.0 Å². The van der Waals surface area contributed by atoms with Gasteiger partial charge in [0.2, 0.25) is 5.75 Å². The fourth-order valence-corrected chi connectivity index (χ4v) is 4.55. The highest BCUT2D eigenvalue weighted by atomic mass is 32.2. The lowest BCUT2D eigenvalue weighted by molar-refractivity contribution is -0.384. The molecule has 0 saturated carbocycles. The number of nitro groups is 1. The van der Waals surface area contributed by atoms with E-state index in [1.165, 1.54) is 35.5 Å². The Bertz CT molecular complexity index is 1390. The molecule has 37 heavy (non-hydrogen) atoms. The first-order valence-electron chi connectivity index (χ1n) is 10.7. The van der Waals surface area contributed by atoms with Gasteiger partial charge in [0.25, 0.3) is 15.7 Å². The Kier molecular flexibility index (Phi) is 8.45. The van der Waals surface area contributed by atoms with E-state index in [2.05, 4.69) is 4.72 Å². The molecule has 3 aromatic rings. The summed E-state index contributed by atoms with van der Waals surface area (Å²) < 4.78 is 55.4. The molecular weight excluding hydrogens is 504 g/mol. The number of nitro benzene ring substituents is 1. The molecule has 0 aromatic heterocycles. The van der Waals surface area contributed by atoms with E-state index in [-0.39, 0.29) is 27.8 Å². The lowest BCUT2D eigenvalue weighted by Crippen LogP contribution is -2.14. The van der Waals surface area contributed by atoms with Crippen LogP contribution in [0.15, 0.2) is 53.4 Å². The van der Waals surface area contributed by atoms with Crippen LogP contribution in [0, 0.1) is 10.1 Å². The van der Waals surface area contributed by atoms with Gasteiger partial charge in [-0.3, -0.25) is 14.8 Å². The fraction of sp³-hybridized carbons (Fsp3) is 0.200. The van der Waals surface area contributed by atoms with Crippen molar-refractivity contribution in [2.75, 3.05) is 40.3 Å². The molecule has 0 amide bonds. The molecule has 196 valence electrons. The predicted molar refractivity (Wildman–Crippen MR) is 138 cm³/mol. The van der Waals surface area contributed by atoms with Gasteiger partial charge in [-0.15, -0.1) is 0 Å². The molecule has 3 rings (SSSR count). The highest BCUT2D eigenvalue weighted by Crippen LogP contribution is 2.40. The average Bonchev–Trinajstić information content (AvgIpc) is 2.90. The summed E-state index contributed by atoms with van der Waals surface area (Å²) in [6, 6.07) is 11.3. The van der Waals surface area contributed by atoms with Crippen LogP contribution >= 0.6 is 0 Å². The van der Waals surface area contributed by atoms with Crippen LogP contribution in [0.4, 0.5) is 11.4 Å². The quantitative estimate of drug-likeness (QED) is 0.214. The largest absolute Gasteiger partial charge is 0.493 e. The van der Waals surface area contributed by atoms with E-state index in [0.29, 0.717) is 22.8 Å². The normalized spacial score (nSPS) is 11.2. The lowest BCUT2D eigenvalue weighted by Gasteiger charge is -2.16. The number of hydrogen-bond donors (Lipinski definition) is 1. The molecule has 0 saturated heterocycles. The van der Waals surface area contributed by atoms with E-state index in [9.17, 15) is 18.5 Å². The van der Waals surface area contributed by atoms with Crippen molar-refractivity contribution in [1.29, 1.82) is 0 Å². The molecule has 0 unspecified atom stereocenters. The number of sulfonamides is 1. The maximum atomic E-state index is 13.0. The van der Waals surface area contributed by atoms with Gasteiger partial charge in [0.1, 0.15) is 0 Å². The number of anilines is 1. The smallest absolute Gasteiger partial charge is 0.269 e. The van der Waals surface area contributed by atoms with Gasteiger partial charge in [0.15, 0.2) is 23.0 Å². The van der Waals surface area contributed by atoms with Crippen LogP contribution in [0.5, 0.6) is 28.7 Å². The number of rotatable bonds is 11. The summed E-state index contributed by atoms with van der Waals surface area (Å²) in [7, 11) is 3.25. The fourth-order valence-electron chi connectivity index (χ4n) is 3.50. The molecule has 12 heteroatoms. The van der Waals surface area contributed by atoms with Gasteiger partial charge < -0.3 is 23.7 Å². The van der Waals surface area contributed by atoms with Crippen molar-refractivity contribution in [3.8, 4) is 28.7 Å². The van der Waals surface area contributed by atoms with E-state index in [0.717, 1.165) is 29.8 Å². The third-order valence-corrected chi connectivity index (χ3v) is 6.64. The first-order chi connectivity index (χ1) is 17.7. The molecule has 0 atom stereocenters. The van der Waals surface area contributed by atoms with E-state index in [1.807, 2.05) is 0 Å². The summed E-state index contributed by atoms with van der Waals surface area (Å²) in [5.74, 6) is 1.86. The van der Waals surface area contributed by atoms with Gasteiger partial charge in [-0.05, 0) is 47.5 Å². The Hall–Kier alpha value is -4.45. The minimum atomic E-state index is -4.10. The second-order valence-corrected chi connectivity index (χ2v) is 9.13. The van der Waals surface area contributed by atoms with Gasteiger partial charge in [0.05, 0.1) is 51.1 Å². The Morgan fingerprint density at radius 3 is 1.62 bits per heavy atom. The number of methoxy groups -OCH3 is 5. The van der Waals surface area contributed by atoms with E-state index >= 15 is 0 Å². The number of benzene rings is 3. The monoisotopic (exact) mass is 530 g/mol. The third-order valence-electron chi connectivity index (χ3n) is 5.26. The van der Waals surface area contributed by atoms with Gasteiger partial charge in [-0.25, -0.2) is 8.42 Å². The van der Waals surface area contributed by atoms with E-state index in [4.69, 9.17) is 23.7 Å². The predicted octanol–water partition coefficient (Wildman–Crippen LogP) is 4.61. The molecule has 1 N–H and O–H groups in total. The topological polar surface area (TPSA) is 135 Å². The molecule has 0 fully saturated rings. The van der Waals surface area contributed by atoms with Crippen LogP contribution < -0.4 is 28.4 Å². The molecule has 11 nitrogen and oxygen atoms in total. The summed E-state index contributed by atoms with van der Waals surface area (Å²) in [5.41, 5.74) is 1.21. The molecule has 0 aliphatic rings. The van der Waals surface area contributed by atoms with Crippen LogP contribution in [0.25, 0.3) is 12.2 Å². The Labute approximate surface area is 214 Å². The standard InChI is InChI=1S/C25H26N2O9S/c1-32-21-13-16(6-7-17-14-22(33-2)25(36-5)23(15-17)34-3)12-20(24(21)35-4)26-37(30,31)19-10-8-18(9-11-19)27(28)29/h6-15,26H,1-5H3. The van der Waals surface area contributed by atoms with Crippen molar-refractivity contribution in [1.82, 2.24) is 0 Å². The number of nitrogens with one attached hydrogen (secondary N) is 1.